The van der Waals surface area contributed by atoms with Gasteiger partial charge in [0.25, 0.3) is 0 Å². The zero-order chi connectivity index (χ0) is 11.4. The highest BCUT2D eigenvalue weighted by Crippen LogP contribution is 2.21. The Hall–Kier alpha value is -1.06. The van der Waals surface area contributed by atoms with Gasteiger partial charge in [-0.3, -0.25) is 4.79 Å². The summed E-state index contributed by atoms with van der Waals surface area (Å²) < 4.78 is 4.71. The first kappa shape index (κ1) is 12.0. The molecule has 0 saturated carbocycles. The first-order valence-corrected chi connectivity index (χ1v) is 5.54. The van der Waals surface area contributed by atoms with E-state index < -0.39 is 11.9 Å². The van der Waals surface area contributed by atoms with Gasteiger partial charge in [0.2, 0.25) is 0 Å². The van der Waals surface area contributed by atoms with E-state index in [1.165, 1.54) is 0 Å². The molecule has 2 unspecified atom stereocenters. The number of nitrogens with zero attached hydrogens (tertiary/aromatic N) is 1. The van der Waals surface area contributed by atoms with E-state index in [9.17, 15) is 9.59 Å². The zero-order valence-electron chi connectivity index (χ0n) is 9.66. The second-order valence-electron chi connectivity index (χ2n) is 4.21. The van der Waals surface area contributed by atoms with Crippen LogP contribution in [-0.4, -0.2) is 36.0 Å². The molecule has 15 heavy (non-hydrogen) atoms. The molecule has 0 spiro atoms. The number of carbonyl (C=O) groups is 2. The van der Waals surface area contributed by atoms with Crippen LogP contribution in [0, 0.1) is 5.92 Å². The Bertz CT molecular complexity index is 252. The van der Waals surface area contributed by atoms with E-state index >= 15 is 0 Å². The number of piperidine rings is 1. The van der Waals surface area contributed by atoms with E-state index in [4.69, 9.17) is 4.74 Å². The summed E-state index contributed by atoms with van der Waals surface area (Å²) in [6.45, 7) is 6.69. The number of likely N-dealkylation sites (tertiary alicyclic amines) is 1. The number of ether oxygens (including phenoxy) is 1. The van der Waals surface area contributed by atoms with Gasteiger partial charge in [0.05, 0.1) is 6.61 Å². The molecular formula is C11H19NO3. The molecule has 0 aromatic heterocycles. The summed E-state index contributed by atoms with van der Waals surface area (Å²) in [4.78, 5) is 24.6. The SMILES string of the molecule is CCOC(=O)C(=O)N1CC(C)CCC1C. The van der Waals surface area contributed by atoms with Gasteiger partial charge in [-0.05, 0) is 32.6 Å². The molecule has 0 N–H and O–H groups in total. The summed E-state index contributed by atoms with van der Waals surface area (Å²) in [5, 5.41) is 0. The van der Waals surface area contributed by atoms with Crippen molar-refractivity contribution in [2.24, 2.45) is 5.92 Å². The predicted molar refractivity (Wildman–Crippen MR) is 56.2 cm³/mol. The molecule has 1 aliphatic heterocycles. The van der Waals surface area contributed by atoms with Crippen LogP contribution in [0.15, 0.2) is 0 Å². The summed E-state index contributed by atoms with van der Waals surface area (Å²) in [5.41, 5.74) is 0. The molecule has 0 radical (unpaired) electrons. The molecule has 86 valence electrons. The fourth-order valence-corrected chi connectivity index (χ4v) is 1.88. The van der Waals surface area contributed by atoms with Crippen molar-refractivity contribution in [1.29, 1.82) is 0 Å². The topological polar surface area (TPSA) is 46.6 Å². The van der Waals surface area contributed by atoms with Gasteiger partial charge >= 0.3 is 11.9 Å². The quantitative estimate of drug-likeness (QED) is 0.485. The highest BCUT2D eigenvalue weighted by Gasteiger charge is 2.31. The fourth-order valence-electron chi connectivity index (χ4n) is 1.88. The molecule has 1 aliphatic rings. The lowest BCUT2D eigenvalue weighted by Gasteiger charge is -2.35. The number of amides is 1. The van der Waals surface area contributed by atoms with Crippen molar-refractivity contribution in [2.45, 2.75) is 39.7 Å². The third kappa shape index (κ3) is 2.94. The maximum Gasteiger partial charge on any atom is 0.397 e. The number of hydrogen-bond donors (Lipinski definition) is 0. The van der Waals surface area contributed by atoms with Crippen molar-refractivity contribution >= 4 is 11.9 Å². The molecule has 4 heteroatoms. The molecule has 1 saturated heterocycles. The number of esters is 1. The molecule has 2 atom stereocenters. The molecule has 1 amide bonds. The van der Waals surface area contributed by atoms with Gasteiger partial charge in [-0.1, -0.05) is 6.92 Å². The minimum atomic E-state index is -0.724. The summed E-state index contributed by atoms with van der Waals surface area (Å²) in [6, 6.07) is 0.151. The van der Waals surface area contributed by atoms with E-state index in [0.29, 0.717) is 12.5 Å². The van der Waals surface area contributed by atoms with E-state index in [1.807, 2.05) is 6.92 Å². The molecule has 1 rings (SSSR count). The van der Waals surface area contributed by atoms with Gasteiger partial charge < -0.3 is 9.64 Å². The standard InChI is InChI=1S/C11H19NO3/c1-4-15-11(14)10(13)12-7-8(2)5-6-9(12)3/h8-9H,4-7H2,1-3H3. The molecule has 1 fully saturated rings. The lowest BCUT2D eigenvalue weighted by Crippen LogP contribution is -2.48. The van der Waals surface area contributed by atoms with Crippen LogP contribution < -0.4 is 0 Å². The van der Waals surface area contributed by atoms with Crippen LogP contribution in [0.4, 0.5) is 0 Å². The second-order valence-corrected chi connectivity index (χ2v) is 4.21. The first-order valence-electron chi connectivity index (χ1n) is 5.54. The minimum absolute atomic E-state index is 0.151. The van der Waals surface area contributed by atoms with Crippen molar-refractivity contribution in [2.75, 3.05) is 13.2 Å². The summed E-state index contributed by atoms with van der Waals surface area (Å²) >= 11 is 0. The highest BCUT2D eigenvalue weighted by atomic mass is 16.5. The molecule has 0 aliphatic carbocycles. The van der Waals surface area contributed by atoms with Gasteiger partial charge in [-0.15, -0.1) is 0 Å². The van der Waals surface area contributed by atoms with Gasteiger partial charge in [-0.2, -0.15) is 0 Å². The van der Waals surface area contributed by atoms with Crippen molar-refractivity contribution in [3.63, 3.8) is 0 Å². The van der Waals surface area contributed by atoms with Gasteiger partial charge in [0.15, 0.2) is 0 Å². The summed E-state index contributed by atoms with van der Waals surface area (Å²) in [6.07, 6.45) is 2.08. The van der Waals surface area contributed by atoms with Crippen molar-refractivity contribution in [3.8, 4) is 0 Å². The highest BCUT2D eigenvalue weighted by molar-refractivity contribution is 6.32. The Morgan fingerprint density at radius 2 is 2.00 bits per heavy atom. The normalized spacial score (nSPS) is 26.2. The third-order valence-corrected chi connectivity index (χ3v) is 2.83. The molecule has 1 heterocycles. The maximum absolute atomic E-state index is 11.7. The molecule has 0 bridgehead atoms. The van der Waals surface area contributed by atoms with Crippen LogP contribution in [-0.2, 0) is 14.3 Å². The molecule has 0 aromatic rings. The van der Waals surface area contributed by atoms with Crippen LogP contribution >= 0.6 is 0 Å². The average Bonchev–Trinajstić information content (AvgIpc) is 2.21. The zero-order valence-corrected chi connectivity index (χ0v) is 9.66. The van der Waals surface area contributed by atoms with Gasteiger partial charge in [-0.25, -0.2) is 4.79 Å². The smallest absolute Gasteiger partial charge is 0.397 e. The van der Waals surface area contributed by atoms with Crippen molar-refractivity contribution in [3.05, 3.63) is 0 Å². The average molecular weight is 213 g/mol. The largest absolute Gasteiger partial charge is 0.459 e. The second kappa shape index (κ2) is 5.14. The first-order chi connectivity index (χ1) is 7.06. The van der Waals surface area contributed by atoms with Crippen LogP contribution in [0.2, 0.25) is 0 Å². The van der Waals surface area contributed by atoms with Crippen molar-refractivity contribution in [1.82, 2.24) is 4.90 Å². The predicted octanol–water partition coefficient (Wildman–Crippen LogP) is 1.20. The Morgan fingerprint density at radius 1 is 1.33 bits per heavy atom. The fraction of sp³-hybridized carbons (Fsp3) is 0.818. The van der Waals surface area contributed by atoms with Crippen LogP contribution in [0.5, 0.6) is 0 Å². The van der Waals surface area contributed by atoms with E-state index in [0.717, 1.165) is 12.8 Å². The number of rotatable bonds is 1. The number of hydrogen-bond acceptors (Lipinski definition) is 3. The van der Waals surface area contributed by atoms with E-state index in [2.05, 4.69) is 6.92 Å². The monoisotopic (exact) mass is 213 g/mol. The molecular weight excluding hydrogens is 194 g/mol. The van der Waals surface area contributed by atoms with Gasteiger partial charge in [0, 0.05) is 12.6 Å². The van der Waals surface area contributed by atoms with Crippen molar-refractivity contribution < 1.29 is 14.3 Å². The third-order valence-electron chi connectivity index (χ3n) is 2.83. The Morgan fingerprint density at radius 3 is 2.60 bits per heavy atom. The van der Waals surface area contributed by atoms with E-state index in [1.54, 1.807) is 11.8 Å². The lowest BCUT2D eigenvalue weighted by molar-refractivity contribution is -0.162. The minimum Gasteiger partial charge on any atom is -0.459 e. The summed E-state index contributed by atoms with van der Waals surface area (Å²) in [5.74, 6) is -0.742. The van der Waals surface area contributed by atoms with Crippen LogP contribution in [0.1, 0.15) is 33.6 Å². The lowest BCUT2D eigenvalue weighted by atomic mass is 9.95. The van der Waals surface area contributed by atoms with Crippen LogP contribution in [0.3, 0.4) is 0 Å². The van der Waals surface area contributed by atoms with Gasteiger partial charge in [0.1, 0.15) is 0 Å². The Labute approximate surface area is 90.6 Å². The number of carbonyl (C=O) groups excluding carboxylic acids is 2. The van der Waals surface area contributed by atoms with E-state index in [-0.39, 0.29) is 12.6 Å². The summed E-state index contributed by atoms with van der Waals surface area (Å²) in [7, 11) is 0. The molecule has 4 nitrogen and oxygen atoms in total. The molecule has 0 aromatic carbocycles. The van der Waals surface area contributed by atoms with Crippen LogP contribution in [0.25, 0.3) is 0 Å². The maximum atomic E-state index is 11.7. The Kier molecular flexibility index (Phi) is 4.12. The Balaban J connectivity index is 2.60.